The predicted octanol–water partition coefficient (Wildman–Crippen LogP) is 1.51. The molecule has 0 amide bonds. The van der Waals surface area contributed by atoms with Gasteiger partial charge in [-0.2, -0.15) is 0 Å². The van der Waals surface area contributed by atoms with E-state index >= 15 is 0 Å². The number of sulfonamides is 1. The highest BCUT2D eigenvalue weighted by Crippen LogP contribution is 2.20. The van der Waals surface area contributed by atoms with Crippen LogP contribution in [0.4, 0.5) is 8.78 Å². The van der Waals surface area contributed by atoms with E-state index < -0.39 is 21.7 Å². The molecule has 1 aliphatic carbocycles. The maximum Gasteiger partial charge on any atom is 0.241 e. The van der Waals surface area contributed by atoms with Crippen LogP contribution in [0.15, 0.2) is 23.1 Å². The minimum absolute atomic E-state index is 0.104. The Morgan fingerprint density at radius 3 is 2.11 bits per heavy atom. The standard InChI is InChI=1S/C12H16F2N2O2S/c13-8-5-9(14)7-12(6-8)19(17,18)16-11-3-1-10(15)2-4-11/h5-7,10-11,16H,1-4,15H2. The first-order chi connectivity index (χ1) is 8.87. The highest BCUT2D eigenvalue weighted by Gasteiger charge is 2.25. The van der Waals surface area contributed by atoms with Crippen LogP contribution in [-0.2, 0) is 10.0 Å². The second-order valence-electron chi connectivity index (χ2n) is 4.84. The maximum atomic E-state index is 13.0. The monoisotopic (exact) mass is 290 g/mol. The number of rotatable bonds is 3. The SMILES string of the molecule is NC1CCC(NS(=O)(=O)c2cc(F)cc(F)c2)CC1. The lowest BCUT2D eigenvalue weighted by atomic mass is 9.93. The number of benzene rings is 1. The molecule has 0 aliphatic heterocycles. The average molecular weight is 290 g/mol. The fourth-order valence-corrected chi connectivity index (χ4v) is 3.55. The lowest BCUT2D eigenvalue weighted by Crippen LogP contribution is -2.40. The quantitative estimate of drug-likeness (QED) is 0.886. The first-order valence-corrected chi connectivity index (χ1v) is 7.59. The largest absolute Gasteiger partial charge is 0.328 e. The van der Waals surface area contributed by atoms with Crippen LogP contribution in [0, 0.1) is 11.6 Å². The molecule has 0 heterocycles. The highest BCUT2D eigenvalue weighted by atomic mass is 32.2. The van der Waals surface area contributed by atoms with Crippen molar-refractivity contribution in [2.24, 2.45) is 5.73 Å². The van der Waals surface area contributed by atoms with Crippen molar-refractivity contribution in [2.45, 2.75) is 42.7 Å². The Morgan fingerprint density at radius 2 is 1.58 bits per heavy atom. The number of hydrogen-bond acceptors (Lipinski definition) is 3. The van der Waals surface area contributed by atoms with Gasteiger partial charge in [-0.15, -0.1) is 0 Å². The van der Waals surface area contributed by atoms with Gasteiger partial charge in [-0.05, 0) is 37.8 Å². The van der Waals surface area contributed by atoms with E-state index in [-0.39, 0.29) is 17.0 Å². The van der Waals surface area contributed by atoms with Crippen LogP contribution in [0.5, 0.6) is 0 Å². The fourth-order valence-electron chi connectivity index (χ4n) is 2.21. The zero-order valence-electron chi connectivity index (χ0n) is 10.3. The van der Waals surface area contributed by atoms with Crippen molar-refractivity contribution < 1.29 is 17.2 Å². The number of nitrogens with one attached hydrogen (secondary N) is 1. The van der Waals surface area contributed by atoms with Crippen LogP contribution in [0.25, 0.3) is 0 Å². The molecule has 1 aliphatic rings. The van der Waals surface area contributed by atoms with Crippen LogP contribution in [-0.4, -0.2) is 20.5 Å². The van der Waals surface area contributed by atoms with Gasteiger partial charge in [0.05, 0.1) is 4.90 Å². The first-order valence-electron chi connectivity index (χ1n) is 6.11. The Morgan fingerprint density at radius 1 is 1.05 bits per heavy atom. The molecule has 0 aromatic heterocycles. The molecular formula is C12H16F2N2O2S. The molecule has 1 saturated carbocycles. The lowest BCUT2D eigenvalue weighted by molar-refractivity contribution is 0.373. The summed E-state index contributed by atoms with van der Waals surface area (Å²) in [7, 11) is -3.89. The molecule has 2 rings (SSSR count). The van der Waals surface area contributed by atoms with Gasteiger partial charge in [0.15, 0.2) is 0 Å². The van der Waals surface area contributed by atoms with E-state index in [1.807, 2.05) is 0 Å². The highest BCUT2D eigenvalue weighted by molar-refractivity contribution is 7.89. The van der Waals surface area contributed by atoms with Crippen molar-refractivity contribution in [1.29, 1.82) is 0 Å². The summed E-state index contributed by atoms with van der Waals surface area (Å²) in [5.41, 5.74) is 5.74. The molecule has 19 heavy (non-hydrogen) atoms. The Bertz CT molecular complexity index is 535. The lowest BCUT2D eigenvalue weighted by Gasteiger charge is -2.26. The minimum Gasteiger partial charge on any atom is -0.328 e. The number of nitrogens with two attached hydrogens (primary N) is 1. The van der Waals surface area contributed by atoms with Crippen molar-refractivity contribution in [3.8, 4) is 0 Å². The molecule has 0 radical (unpaired) electrons. The van der Waals surface area contributed by atoms with Crippen LogP contribution < -0.4 is 10.5 Å². The normalized spacial score (nSPS) is 24.4. The molecule has 1 aromatic rings. The summed E-state index contributed by atoms with van der Waals surface area (Å²) in [5, 5.41) is 0. The third kappa shape index (κ3) is 3.71. The van der Waals surface area contributed by atoms with E-state index in [2.05, 4.69) is 4.72 Å². The molecule has 0 atom stereocenters. The summed E-state index contributed by atoms with van der Waals surface area (Å²) in [6, 6.07) is 2.13. The maximum absolute atomic E-state index is 13.0. The Hall–Kier alpha value is -1.05. The molecule has 1 fully saturated rings. The number of halogens is 2. The topological polar surface area (TPSA) is 72.2 Å². The molecule has 0 unspecified atom stereocenters. The Balaban J connectivity index is 2.14. The van der Waals surface area contributed by atoms with Crippen molar-refractivity contribution in [3.05, 3.63) is 29.8 Å². The zero-order valence-corrected chi connectivity index (χ0v) is 11.1. The van der Waals surface area contributed by atoms with Crippen molar-refractivity contribution >= 4 is 10.0 Å². The third-order valence-electron chi connectivity index (χ3n) is 3.24. The van der Waals surface area contributed by atoms with E-state index in [0.717, 1.165) is 25.0 Å². The van der Waals surface area contributed by atoms with Crippen molar-refractivity contribution in [1.82, 2.24) is 4.72 Å². The van der Waals surface area contributed by atoms with Gasteiger partial charge >= 0.3 is 0 Å². The van der Waals surface area contributed by atoms with Crippen LogP contribution in [0.2, 0.25) is 0 Å². The summed E-state index contributed by atoms with van der Waals surface area (Å²) in [6.07, 6.45) is 2.76. The van der Waals surface area contributed by atoms with Crippen LogP contribution >= 0.6 is 0 Å². The van der Waals surface area contributed by atoms with Gasteiger partial charge in [0.2, 0.25) is 10.0 Å². The van der Waals surface area contributed by atoms with Crippen molar-refractivity contribution in [3.63, 3.8) is 0 Å². The van der Waals surface area contributed by atoms with Gasteiger partial charge < -0.3 is 5.73 Å². The molecule has 4 nitrogen and oxygen atoms in total. The predicted molar refractivity (Wildman–Crippen MR) is 66.9 cm³/mol. The van der Waals surface area contributed by atoms with Gasteiger partial charge in [-0.1, -0.05) is 0 Å². The first kappa shape index (κ1) is 14.4. The number of hydrogen-bond donors (Lipinski definition) is 2. The fraction of sp³-hybridized carbons (Fsp3) is 0.500. The van der Waals surface area contributed by atoms with Crippen molar-refractivity contribution in [2.75, 3.05) is 0 Å². The zero-order chi connectivity index (χ0) is 14.0. The third-order valence-corrected chi connectivity index (χ3v) is 4.74. The van der Waals surface area contributed by atoms with Crippen LogP contribution in [0.1, 0.15) is 25.7 Å². The summed E-state index contributed by atoms with van der Waals surface area (Å²) < 4.78 is 52.6. The van der Waals surface area contributed by atoms with Crippen LogP contribution in [0.3, 0.4) is 0 Å². The van der Waals surface area contributed by atoms with E-state index in [0.29, 0.717) is 18.9 Å². The summed E-state index contributed by atoms with van der Waals surface area (Å²) in [4.78, 5) is -0.389. The molecule has 0 spiro atoms. The summed E-state index contributed by atoms with van der Waals surface area (Å²) in [6.45, 7) is 0. The van der Waals surface area contributed by atoms with Gasteiger partial charge in [0.25, 0.3) is 0 Å². The molecular weight excluding hydrogens is 274 g/mol. The molecule has 7 heteroatoms. The van der Waals surface area contributed by atoms with Gasteiger partial charge in [0.1, 0.15) is 11.6 Å². The molecule has 1 aromatic carbocycles. The molecule has 106 valence electrons. The van der Waals surface area contributed by atoms with E-state index in [4.69, 9.17) is 5.73 Å². The average Bonchev–Trinajstić information content (AvgIpc) is 2.31. The van der Waals surface area contributed by atoms with E-state index in [9.17, 15) is 17.2 Å². The van der Waals surface area contributed by atoms with E-state index in [1.165, 1.54) is 0 Å². The van der Waals surface area contributed by atoms with E-state index in [1.54, 1.807) is 0 Å². The molecule has 0 saturated heterocycles. The second-order valence-corrected chi connectivity index (χ2v) is 6.55. The summed E-state index contributed by atoms with van der Waals surface area (Å²) >= 11 is 0. The summed E-state index contributed by atoms with van der Waals surface area (Å²) in [5.74, 6) is -1.82. The smallest absolute Gasteiger partial charge is 0.241 e. The van der Waals surface area contributed by atoms with Gasteiger partial charge in [-0.3, -0.25) is 0 Å². The second kappa shape index (κ2) is 5.52. The Kier molecular flexibility index (Phi) is 4.17. The minimum atomic E-state index is -3.89. The Labute approximate surface area is 111 Å². The molecule has 0 bridgehead atoms. The van der Waals surface area contributed by atoms with Gasteiger partial charge in [0, 0.05) is 18.2 Å². The van der Waals surface area contributed by atoms with Gasteiger partial charge in [-0.25, -0.2) is 21.9 Å². The molecule has 3 N–H and O–H groups in total.